The van der Waals surface area contributed by atoms with Crippen molar-refractivity contribution in [1.29, 1.82) is 0 Å². The monoisotopic (exact) mass is 157 g/mol. The molecule has 1 saturated heterocycles. The number of ether oxygens (including phenoxy) is 1. The molecule has 1 aliphatic rings. The van der Waals surface area contributed by atoms with E-state index in [4.69, 9.17) is 4.74 Å². The molecule has 0 aromatic carbocycles. The first kappa shape index (κ1) is 9.01. The Morgan fingerprint density at radius 1 is 1.45 bits per heavy atom. The van der Waals surface area contributed by atoms with E-state index in [2.05, 4.69) is 11.8 Å². The number of methoxy groups -OCH3 is 1. The molecule has 0 saturated carbocycles. The third kappa shape index (κ3) is 2.46. The Morgan fingerprint density at radius 2 is 2.27 bits per heavy atom. The maximum Gasteiger partial charge on any atom is 0.110 e. The number of rotatable bonds is 3. The van der Waals surface area contributed by atoms with Gasteiger partial charge in [0.2, 0.25) is 0 Å². The summed E-state index contributed by atoms with van der Waals surface area (Å²) in [5.41, 5.74) is 0. The number of likely N-dealkylation sites (tertiary alicyclic amines) is 1. The van der Waals surface area contributed by atoms with Gasteiger partial charge in [-0.2, -0.15) is 0 Å². The minimum absolute atomic E-state index is 0.406. The largest absolute Gasteiger partial charge is 0.366 e. The van der Waals surface area contributed by atoms with Crippen molar-refractivity contribution in [2.45, 2.75) is 38.8 Å². The predicted molar refractivity (Wildman–Crippen MR) is 46.5 cm³/mol. The fourth-order valence-corrected chi connectivity index (χ4v) is 1.77. The minimum Gasteiger partial charge on any atom is -0.366 e. The standard InChI is InChI=1S/C9H19NO/c1-3-7-10-8-5-4-6-9(10)11-2/h9H,3-8H2,1-2H3. The first-order valence-electron chi connectivity index (χ1n) is 4.65. The van der Waals surface area contributed by atoms with Gasteiger partial charge in [-0.05, 0) is 25.7 Å². The maximum absolute atomic E-state index is 5.38. The minimum atomic E-state index is 0.406. The predicted octanol–water partition coefficient (Wildman–Crippen LogP) is 1.85. The molecule has 66 valence electrons. The van der Waals surface area contributed by atoms with Crippen LogP contribution in [0, 0.1) is 0 Å². The van der Waals surface area contributed by atoms with Crippen molar-refractivity contribution in [3.8, 4) is 0 Å². The van der Waals surface area contributed by atoms with Gasteiger partial charge in [-0.25, -0.2) is 0 Å². The average Bonchev–Trinajstić information content (AvgIpc) is 2.06. The van der Waals surface area contributed by atoms with Gasteiger partial charge in [0, 0.05) is 20.2 Å². The smallest absolute Gasteiger partial charge is 0.110 e. The molecule has 0 bridgehead atoms. The van der Waals surface area contributed by atoms with Crippen LogP contribution in [-0.2, 0) is 4.74 Å². The fraction of sp³-hybridized carbons (Fsp3) is 1.00. The van der Waals surface area contributed by atoms with E-state index in [1.807, 2.05) is 7.11 Å². The number of nitrogens with zero attached hydrogens (tertiary/aromatic N) is 1. The number of hydrogen-bond acceptors (Lipinski definition) is 2. The Labute approximate surface area is 69.5 Å². The number of piperidine rings is 1. The van der Waals surface area contributed by atoms with Crippen molar-refractivity contribution in [3.05, 3.63) is 0 Å². The first-order valence-corrected chi connectivity index (χ1v) is 4.65. The Kier molecular flexibility index (Phi) is 3.87. The summed E-state index contributed by atoms with van der Waals surface area (Å²) in [6.07, 6.45) is 5.54. The molecule has 0 aromatic heterocycles. The van der Waals surface area contributed by atoms with E-state index in [9.17, 15) is 0 Å². The Hall–Kier alpha value is -0.0800. The highest BCUT2D eigenvalue weighted by Gasteiger charge is 2.20. The molecular weight excluding hydrogens is 138 g/mol. The zero-order valence-electron chi connectivity index (χ0n) is 7.68. The highest BCUT2D eigenvalue weighted by atomic mass is 16.5. The van der Waals surface area contributed by atoms with Crippen molar-refractivity contribution < 1.29 is 4.74 Å². The van der Waals surface area contributed by atoms with Crippen LogP contribution in [0.2, 0.25) is 0 Å². The molecule has 1 rings (SSSR count). The summed E-state index contributed by atoms with van der Waals surface area (Å²) in [6.45, 7) is 4.65. The molecule has 0 spiro atoms. The molecule has 0 N–H and O–H groups in total. The average molecular weight is 157 g/mol. The highest BCUT2D eigenvalue weighted by Crippen LogP contribution is 2.16. The lowest BCUT2D eigenvalue weighted by atomic mass is 10.1. The molecule has 1 atom stereocenters. The number of hydrogen-bond donors (Lipinski definition) is 0. The molecule has 0 radical (unpaired) electrons. The van der Waals surface area contributed by atoms with Crippen molar-refractivity contribution in [2.75, 3.05) is 20.2 Å². The van der Waals surface area contributed by atoms with Gasteiger partial charge < -0.3 is 4.74 Å². The molecule has 1 fully saturated rings. The highest BCUT2D eigenvalue weighted by molar-refractivity contribution is 4.68. The van der Waals surface area contributed by atoms with E-state index < -0.39 is 0 Å². The summed E-state index contributed by atoms with van der Waals surface area (Å²) in [6, 6.07) is 0. The van der Waals surface area contributed by atoms with Crippen LogP contribution in [0.3, 0.4) is 0 Å². The third-order valence-electron chi connectivity index (χ3n) is 2.34. The molecule has 11 heavy (non-hydrogen) atoms. The van der Waals surface area contributed by atoms with E-state index in [1.54, 1.807) is 0 Å². The van der Waals surface area contributed by atoms with Crippen molar-refractivity contribution >= 4 is 0 Å². The second-order valence-corrected chi connectivity index (χ2v) is 3.22. The second-order valence-electron chi connectivity index (χ2n) is 3.22. The van der Waals surface area contributed by atoms with E-state index in [0.717, 1.165) is 0 Å². The molecule has 1 unspecified atom stereocenters. The lowest BCUT2D eigenvalue weighted by Crippen LogP contribution is -2.40. The summed E-state index contributed by atoms with van der Waals surface area (Å²) >= 11 is 0. The first-order chi connectivity index (χ1) is 5.38. The van der Waals surface area contributed by atoms with Gasteiger partial charge in [0.1, 0.15) is 6.23 Å². The lowest BCUT2D eigenvalue weighted by molar-refractivity contribution is -0.0549. The van der Waals surface area contributed by atoms with E-state index in [0.29, 0.717) is 6.23 Å². The van der Waals surface area contributed by atoms with E-state index >= 15 is 0 Å². The quantitative estimate of drug-likeness (QED) is 0.620. The Bertz CT molecular complexity index is 104. The van der Waals surface area contributed by atoms with Crippen molar-refractivity contribution in [1.82, 2.24) is 4.90 Å². The van der Waals surface area contributed by atoms with Crippen LogP contribution in [0.25, 0.3) is 0 Å². The van der Waals surface area contributed by atoms with Crippen molar-refractivity contribution in [2.24, 2.45) is 0 Å². The van der Waals surface area contributed by atoms with Gasteiger partial charge in [0.05, 0.1) is 0 Å². The molecule has 0 amide bonds. The molecule has 2 heteroatoms. The van der Waals surface area contributed by atoms with Crippen LogP contribution >= 0.6 is 0 Å². The Morgan fingerprint density at radius 3 is 2.91 bits per heavy atom. The third-order valence-corrected chi connectivity index (χ3v) is 2.34. The van der Waals surface area contributed by atoms with Crippen LogP contribution in [-0.4, -0.2) is 31.3 Å². The summed E-state index contributed by atoms with van der Waals surface area (Å²) in [4.78, 5) is 2.45. The van der Waals surface area contributed by atoms with Gasteiger partial charge in [-0.15, -0.1) is 0 Å². The maximum atomic E-state index is 5.38. The zero-order valence-corrected chi connectivity index (χ0v) is 7.68. The van der Waals surface area contributed by atoms with Gasteiger partial charge in [-0.1, -0.05) is 6.92 Å². The van der Waals surface area contributed by atoms with Crippen LogP contribution in [0.15, 0.2) is 0 Å². The SMILES string of the molecule is CCCN1CCCCC1OC. The van der Waals surface area contributed by atoms with Crippen LogP contribution in [0.1, 0.15) is 32.6 Å². The molecular formula is C9H19NO. The van der Waals surface area contributed by atoms with Gasteiger partial charge in [0.25, 0.3) is 0 Å². The fourth-order valence-electron chi connectivity index (χ4n) is 1.77. The Balaban J connectivity index is 2.31. The molecule has 1 aliphatic heterocycles. The van der Waals surface area contributed by atoms with E-state index in [1.165, 1.54) is 38.8 Å². The summed E-state index contributed by atoms with van der Waals surface area (Å²) in [7, 11) is 1.82. The van der Waals surface area contributed by atoms with E-state index in [-0.39, 0.29) is 0 Å². The molecule has 2 nitrogen and oxygen atoms in total. The van der Waals surface area contributed by atoms with Crippen LogP contribution < -0.4 is 0 Å². The van der Waals surface area contributed by atoms with Gasteiger partial charge in [-0.3, -0.25) is 4.90 Å². The van der Waals surface area contributed by atoms with Gasteiger partial charge in [0.15, 0.2) is 0 Å². The zero-order chi connectivity index (χ0) is 8.10. The lowest BCUT2D eigenvalue weighted by Gasteiger charge is -2.34. The molecule has 0 aliphatic carbocycles. The second kappa shape index (κ2) is 4.73. The normalized spacial score (nSPS) is 27.3. The summed E-state index contributed by atoms with van der Waals surface area (Å²) < 4.78 is 5.38. The van der Waals surface area contributed by atoms with Crippen LogP contribution in [0.4, 0.5) is 0 Å². The topological polar surface area (TPSA) is 12.5 Å². The van der Waals surface area contributed by atoms with Crippen molar-refractivity contribution in [3.63, 3.8) is 0 Å². The summed E-state index contributed by atoms with van der Waals surface area (Å²) in [5, 5.41) is 0. The molecule has 1 heterocycles. The van der Waals surface area contributed by atoms with Crippen LogP contribution in [0.5, 0.6) is 0 Å². The van der Waals surface area contributed by atoms with Gasteiger partial charge >= 0.3 is 0 Å². The molecule has 0 aromatic rings. The summed E-state index contributed by atoms with van der Waals surface area (Å²) in [5.74, 6) is 0.